The Morgan fingerprint density at radius 2 is 2.20 bits per heavy atom. The lowest BCUT2D eigenvalue weighted by molar-refractivity contribution is 0.816. The Kier molecular flexibility index (Phi) is 4.14. The third-order valence-corrected chi connectivity index (χ3v) is 2.48. The SMILES string of the molecule is CCN(CCN)c1ccc(C#N)c(C)c1. The minimum absolute atomic E-state index is 0.646. The maximum absolute atomic E-state index is 8.82. The highest BCUT2D eigenvalue weighted by molar-refractivity contribution is 5.53. The van der Waals surface area contributed by atoms with E-state index in [4.69, 9.17) is 11.0 Å². The van der Waals surface area contributed by atoms with Gasteiger partial charge in [-0.15, -0.1) is 0 Å². The molecule has 0 aliphatic carbocycles. The van der Waals surface area contributed by atoms with Gasteiger partial charge in [0, 0.05) is 25.3 Å². The lowest BCUT2D eigenvalue weighted by Crippen LogP contribution is -2.29. The molecule has 3 nitrogen and oxygen atoms in total. The fourth-order valence-corrected chi connectivity index (χ4v) is 1.60. The molecule has 2 N–H and O–H groups in total. The van der Waals surface area contributed by atoms with Crippen LogP contribution in [0, 0.1) is 18.3 Å². The highest BCUT2D eigenvalue weighted by atomic mass is 15.1. The van der Waals surface area contributed by atoms with Gasteiger partial charge in [-0.3, -0.25) is 0 Å². The summed E-state index contributed by atoms with van der Waals surface area (Å²) < 4.78 is 0. The van der Waals surface area contributed by atoms with Crippen LogP contribution in [0.2, 0.25) is 0 Å². The van der Waals surface area contributed by atoms with Gasteiger partial charge < -0.3 is 10.6 Å². The molecule has 0 saturated carbocycles. The molecule has 1 rings (SSSR count). The molecule has 80 valence electrons. The molecule has 0 saturated heterocycles. The van der Waals surface area contributed by atoms with Gasteiger partial charge in [-0.2, -0.15) is 5.26 Å². The molecule has 0 aliphatic rings. The average molecular weight is 203 g/mol. The van der Waals surface area contributed by atoms with Crippen molar-refractivity contribution in [2.75, 3.05) is 24.5 Å². The predicted octanol–water partition coefficient (Wildman–Crippen LogP) is 1.65. The van der Waals surface area contributed by atoms with Crippen molar-refractivity contribution in [3.8, 4) is 6.07 Å². The Bertz CT molecular complexity index is 366. The van der Waals surface area contributed by atoms with Crippen LogP contribution in [0.25, 0.3) is 0 Å². The molecule has 15 heavy (non-hydrogen) atoms. The smallest absolute Gasteiger partial charge is 0.0994 e. The van der Waals surface area contributed by atoms with Crippen LogP contribution in [-0.2, 0) is 0 Å². The van der Waals surface area contributed by atoms with Crippen LogP contribution in [0.1, 0.15) is 18.1 Å². The van der Waals surface area contributed by atoms with Gasteiger partial charge in [0.05, 0.1) is 11.6 Å². The Morgan fingerprint density at radius 1 is 1.47 bits per heavy atom. The molecule has 0 radical (unpaired) electrons. The van der Waals surface area contributed by atoms with E-state index in [2.05, 4.69) is 17.9 Å². The summed E-state index contributed by atoms with van der Waals surface area (Å²) in [6.07, 6.45) is 0. The first-order chi connectivity index (χ1) is 7.22. The van der Waals surface area contributed by atoms with E-state index < -0.39 is 0 Å². The maximum atomic E-state index is 8.82. The first kappa shape index (κ1) is 11.5. The number of hydrogen-bond acceptors (Lipinski definition) is 3. The molecule has 1 aromatic rings. The fraction of sp³-hybridized carbons (Fsp3) is 0.417. The van der Waals surface area contributed by atoms with Crippen molar-refractivity contribution >= 4 is 5.69 Å². The maximum Gasteiger partial charge on any atom is 0.0994 e. The number of nitriles is 1. The first-order valence-corrected chi connectivity index (χ1v) is 5.18. The number of rotatable bonds is 4. The molecule has 3 heteroatoms. The third kappa shape index (κ3) is 2.71. The number of aryl methyl sites for hydroxylation is 1. The van der Waals surface area contributed by atoms with Crippen LogP contribution in [0.4, 0.5) is 5.69 Å². The summed E-state index contributed by atoms with van der Waals surface area (Å²) in [5.74, 6) is 0. The predicted molar refractivity (Wildman–Crippen MR) is 62.8 cm³/mol. The van der Waals surface area contributed by atoms with Crippen molar-refractivity contribution in [2.45, 2.75) is 13.8 Å². The van der Waals surface area contributed by atoms with Crippen molar-refractivity contribution in [2.24, 2.45) is 5.73 Å². The van der Waals surface area contributed by atoms with Crippen LogP contribution in [0.3, 0.4) is 0 Å². The van der Waals surface area contributed by atoms with Gasteiger partial charge in [0.1, 0.15) is 0 Å². The molecule has 0 spiro atoms. The molecule has 0 aliphatic heterocycles. The van der Waals surface area contributed by atoms with Crippen LogP contribution >= 0.6 is 0 Å². The van der Waals surface area contributed by atoms with E-state index in [1.165, 1.54) is 0 Å². The highest BCUT2D eigenvalue weighted by Gasteiger charge is 2.05. The van der Waals surface area contributed by atoms with Crippen molar-refractivity contribution in [3.05, 3.63) is 29.3 Å². The Hall–Kier alpha value is -1.53. The van der Waals surface area contributed by atoms with Crippen LogP contribution in [0.15, 0.2) is 18.2 Å². The third-order valence-electron chi connectivity index (χ3n) is 2.48. The topological polar surface area (TPSA) is 53.0 Å². The summed E-state index contributed by atoms with van der Waals surface area (Å²) in [6, 6.07) is 8.05. The first-order valence-electron chi connectivity index (χ1n) is 5.18. The summed E-state index contributed by atoms with van der Waals surface area (Å²) in [7, 11) is 0. The normalized spacial score (nSPS) is 9.73. The van der Waals surface area contributed by atoms with Crippen molar-refractivity contribution < 1.29 is 0 Å². The van der Waals surface area contributed by atoms with Gasteiger partial charge in [-0.1, -0.05) is 0 Å². The number of benzene rings is 1. The summed E-state index contributed by atoms with van der Waals surface area (Å²) in [5, 5.41) is 8.82. The molecule has 0 fully saturated rings. The van der Waals surface area contributed by atoms with E-state index >= 15 is 0 Å². The summed E-state index contributed by atoms with van der Waals surface area (Å²) in [6.45, 7) is 6.48. The molecule has 0 aromatic heterocycles. The van der Waals surface area contributed by atoms with Gasteiger partial charge in [-0.25, -0.2) is 0 Å². The van der Waals surface area contributed by atoms with Crippen LogP contribution in [-0.4, -0.2) is 19.6 Å². The minimum Gasteiger partial charge on any atom is -0.371 e. The number of nitrogens with two attached hydrogens (primary N) is 1. The lowest BCUT2D eigenvalue weighted by atomic mass is 10.1. The number of hydrogen-bond donors (Lipinski definition) is 1. The molecular weight excluding hydrogens is 186 g/mol. The number of likely N-dealkylation sites (N-methyl/N-ethyl adjacent to an activating group) is 1. The Morgan fingerprint density at radius 3 is 2.67 bits per heavy atom. The zero-order chi connectivity index (χ0) is 11.3. The molecule has 0 unspecified atom stereocenters. The fourth-order valence-electron chi connectivity index (χ4n) is 1.60. The van der Waals surface area contributed by atoms with E-state index in [1.54, 1.807) is 0 Å². The van der Waals surface area contributed by atoms with Crippen molar-refractivity contribution in [1.29, 1.82) is 5.26 Å². The van der Waals surface area contributed by atoms with Gasteiger partial charge >= 0.3 is 0 Å². The Balaban J connectivity index is 2.95. The van der Waals surface area contributed by atoms with Crippen molar-refractivity contribution in [3.63, 3.8) is 0 Å². The van der Waals surface area contributed by atoms with E-state index in [1.807, 2.05) is 25.1 Å². The monoisotopic (exact) mass is 203 g/mol. The molecular formula is C12H17N3. The largest absolute Gasteiger partial charge is 0.371 e. The second-order valence-corrected chi connectivity index (χ2v) is 3.48. The second kappa shape index (κ2) is 5.38. The number of nitrogens with zero attached hydrogens (tertiary/aromatic N) is 2. The zero-order valence-corrected chi connectivity index (χ0v) is 9.33. The van der Waals surface area contributed by atoms with Gasteiger partial charge in [0.25, 0.3) is 0 Å². The summed E-state index contributed by atoms with van der Waals surface area (Å²) in [5.41, 5.74) is 8.44. The standard InChI is InChI=1S/C12H17N3/c1-3-15(7-6-13)12-5-4-11(9-14)10(2)8-12/h4-5,8H,3,6-7,13H2,1-2H3. The quantitative estimate of drug-likeness (QED) is 0.809. The molecule has 0 bridgehead atoms. The Labute approximate surface area is 91.1 Å². The van der Waals surface area contributed by atoms with Crippen LogP contribution in [0.5, 0.6) is 0 Å². The van der Waals surface area contributed by atoms with E-state index in [-0.39, 0.29) is 0 Å². The lowest BCUT2D eigenvalue weighted by Gasteiger charge is -2.22. The van der Waals surface area contributed by atoms with Gasteiger partial charge in [0.2, 0.25) is 0 Å². The average Bonchev–Trinajstić information content (AvgIpc) is 2.25. The second-order valence-electron chi connectivity index (χ2n) is 3.48. The minimum atomic E-state index is 0.646. The highest BCUT2D eigenvalue weighted by Crippen LogP contribution is 2.18. The summed E-state index contributed by atoms with van der Waals surface area (Å²) >= 11 is 0. The molecule has 0 heterocycles. The van der Waals surface area contributed by atoms with Crippen molar-refractivity contribution in [1.82, 2.24) is 0 Å². The molecule has 0 amide bonds. The molecule has 1 aromatic carbocycles. The van der Waals surface area contributed by atoms with E-state index in [9.17, 15) is 0 Å². The number of anilines is 1. The van der Waals surface area contributed by atoms with E-state index in [0.717, 1.165) is 29.9 Å². The van der Waals surface area contributed by atoms with Gasteiger partial charge in [0.15, 0.2) is 0 Å². The summed E-state index contributed by atoms with van der Waals surface area (Å²) in [4.78, 5) is 2.20. The van der Waals surface area contributed by atoms with Gasteiger partial charge in [-0.05, 0) is 37.6 Å². The van der Waals surface area contributed by atoms with E-state index in [0.29, 0.717) is 6.54 Å². The van der Waals surface area contributed by atoms with Crippen LogP contribution < -0.4 is 10.6 Å². The zero-order valence-electron chi connectivity index (χ0n) is 9.33. The molecule has 0 atom stereocenters.